The summed E-state index contributed by atoms with van der Waals surface area (Å²) in [5, 5.41) is 0. The van der Waals surface area contributed by atoms with Crippen LogP contribution in [0.2, 0.25) is 0 Å². The van der Waals surface area contributed by atoms with Crippen LogP contribution < -0.4 is 11.3 Å². The van der Waals surface area contributed by atoms with Gasteiger partial charge >= 0.3 is 0 Å². The minimum absolute atomic E-state index is 0.727. The molecule has 0 radical (unpaired) electrons. The zero-order valence-corrected chi connectivity index (χ0v) is 6.59. The Bertz CT molecular complexity index is 190. The first kappa shape index (κ1) is 8.24. The molecule has 0 bridgehead atoms. The monoisotopic (exact) mass is 150 g/mol. The lowest BCUT2D eigenvalue weighted by Gasteiger charge is -2.00. The van der Waals surface area contributed by atoms with Crippen molar-refractivity contribution in [2.45, 2.75) is 12.8 Å². The minimum Gasteiger partial charge on any atom is -0.271 e. The first-order chi connectivity index (χ1) is 5.43. The summed E-state index contributed by atoms with van der Waals surface area (Å²) >= 11 is 0. The Morgan fingerprint density at radius 3 is 3.09 bits per heavy atom. The summed E-state index contributed by atoms with van der Waals surface area (Å²) in [5.74, 6) is 5.11. The molecule has 0 saturated carbocycles. The Morgan fingerprint density at radius 1 is 1.55 bits per heavy atom. The quantitative estimate of drug-likeness (QED) is 0.470. The van der Waals surface area contributed by atoms with E-state index in [9.17, 15) is 0 Å². The molecule has 0 fully saturated rings. The molecular formula is C9H14N2. The average molecular weight is 150 g/mol. The lowest BCUT2D eigenvalue weighted by atomic mass is 10.1. The fourth-order valence-corrected chi connectivity index (χ4v) is 1.02. The smallest absolute Gasteiger partial charge is 0.0281 e. The maximum atomic E-state index is 5.11. The van der Waals surface area contributed by atoms with Crippen molar-refractivity contribution < 1.29 is 0 Å². The molecule has 1 aliphatic carbocycles. The molecule has 0 atom stereocenters. The summed E-state index contributed by atoms with van der Waals surface area (Å²) in [6.45, 7) is 0.727. The standard InChI is InChI=1S/C9H14N2/c10-11-8-4-7-9-5-2-1-3-6-9/h2,4-7,11H,1,3,8,10H2/b7-4+. The van der Waals surface area contributed by atoms with Crippen molar-refractivity contribution in [3.05, 3.63) is 36.0 Å². The average Bonchev–Trinajstić information content (AvgIpc) is 2.07. The Balaban J connectivity index is 2.35. The van der Waals surface area contributed by atoms with Crippen molar-refractivity contribution in [1.82, 2.24) is 5.43 Å². The van der Waals surface area contributed by atoms with E-state index in [1.54, 1.807) is 0 Å². The van der Waals surface area contributed by atoms with Gasteiger partial charge < -0.3 is 0 Å². The minimum atomic E-state index is 0.727. The highest BCUT2D eigenvalue weighted by Crippen LogP contribution is 2.09. The molecule has 3 N–H and O–H groups in total. The molecule has 0 aliphatic heterocycles. The Kier molecular flexibility index (Phi) is 3.65. The van der Waals surface area contributed by atoms with Crippen LogP contribution >= 0.6 is 0 Å². The molecular weight excluding hydrogens is 136 g/mol. The molecule has 0 aromatic carbocycles. The van der Waals surface area contributed by atoms with E-state index in [-0.39, 0.29) is 0 Å². The number of nitrogens with two attached hydrogens (primary N) is 1. The van der Waals surface area contributed by atoms with Crippen molar-refractivity contribution in [1.29, 1.82) is 0 Å². The molecule has 0 aromatic heterocycles. The van der Waals surface area contributed by atoms with Crippen molar-refractivity contribution >= 4 is 0 Å². The second kappa shape index (κ2) is 4.88. The molecule has 0 spiro atoms. The molecule has 1 aliphatic rings. The first-order valence-electron chi connectivity index (χ1n) is 3.90. The third-order valence-electron chi connectivity index (χ3n) is 1.57. The molecule has 60 valence electrons. The highest BCUT2D eigenvalue weighted by atomic mass is 15.2. The molecule has 0 heterocycles. The summed E-state index contributed by atoms with van der Waals surface area (Å²) < 4.78 is 0. The molecule has 1 rings (SSSR count). The van der Waals surface area contributed by atoms with E-state index in [1.807, 2.05) is 6.08 Å². The fourth-order valence-electron chi connectivity index (χ4n) is 1.02. The van der Waals surface area contributed by atoms with Crippen LogP contribution in [0.4, 0.5) is 0 Å². The van der Waals surface area contributed by atoms with Crippen LogP contribution in [0.5, 0.6) is 0 Å². The van der Waals surface area contributed by atoms with Gasteiger partial charge in [-0.15, -0.1) is 0 Å². The first-order valence-corrected chi connectivity index (χ1v) is 3.90. The van der Waals surface area contributed by atoms with Crippen molar-refractivity contribution in [2.75, 3.05) is 6.54 Å². The van der Waals surface area contributed by atoms with Crippen molar-refractivity contribution in [3.8, 4) is 0 Å². The summed E-state index contributed by atoms with van der Waals surface area (Å²) in [6.07, 6.45) is 13.0. The summed E-state index contributed by atoms with van der Waals surface area (Å²) in [7, 11) is 0. The number of rotatable bonds is 3. The van der Waals surface area contributed by atoms with Gasteiger partial charge in [0.05, 0.1) is 0 Å². The van der Waals surface area contributed by atoms with E-state index in [1.165, 1.54) is 12.0 Å². The van der Waals surface area contributed by atoms with E-state index in [0.29, 0.717) is 0 Å². The Labute approximate surface area is 67.4 Å². The number of hydrazine groups is 1. The van der Waals surface area contributed by atoms with E-state index >= 15 is 0 Å². The van der Waals surface area contributed by atoms with Crippen molar-refractivity contribution in [2.24, 2.45) is 5.84 Å². The lowest BCUT2D eigenvalue weighted by molar-refractivity contribution is 0.823. The molecule has 0 amide bonds. The maximum Gasteiger partial charge on any atom is 0.0281 e. The van der Waals surface area contributed by atoms with Gasteiger partial charge in [-0.2, -0.15) is 0 Å². The van der Waals surface area contributed by atoms with Crippen LogP contribution in [0.15, 0.2) is 36.0 Å². The fraction of sp³-hybridized carbons (Fsp3) is 0.333. The Morgan fingerprint density at radius 2 is 2.45 bits per heavy atom. The highest BCUT2D eigenvalue weighted by Gasteiger charge is 1.90. The molecule has 2 heteroatoms. The SMILES string of the molecule is NNC/C=C/C1=CCCC=C1. The predicted molar refractivity (Wildman–Crippen MR) is 47.8 cm³/mol. The van der Waals surface area contributed by atoms with E-state index in [4.69, 9.17) is 5.84 Å². The molecule has 0 saturated heterocycles. The van der Waals surface area contributed by atoms with Gasteiger partial charge in [0.15, 0.2) is 0 Å². The summed E-state index contributed by atoms with van der Waals surface area (Å²) in [5.41, 5.74) is 3.85. The topological polar surface area (TPSA) is 38.0 Å². The van der Waals surface area contributed by atoms with Gasteiger partial charge in [0.25, 0.3) is 0 Å². The second-order valence-corrected chi connectivity index (χ2v) is 2.49. The van der Waals surface area contributed by atoms with Crippen LogP contribution in [-0.2, 0) is 0 Å². The van der Waals surface area contributed by atoms with Gasteiger partial charge in [0, 0.05) is 6.54 Å². The zero-order chi connectivity index (χ0) is 7.94. The highest BCUT2D eigenvalue weighted by molar-refractivity contribution is 5.32. The Hall–Kier alpha value is -0.860. The van der Waals surface area contributed by atoms with Crippen LogP contribution in [0.1, 0.15) is 12.8 Å². The third-order valence-corrected chi connectivity index (χ3v) is 1.57. The lowest BCUT2D eigenvalue weighted by Crippen LogP contribution is -2.21. The van der Waals surface area contributed by atoms with Gasteiger partial charge in [-0.25, -0.2) is 0 Å². The molecule has 0 aromatic rings. The van der Waals surface area contributed by atoms with Crippen LogP contribution in [0.25, 0.3) is 0 Å². The van der Waals surface area contributed by atoms with Crippen LogP contribution in [-0.4, -0.2) is 6.54 Å². The van der Waals surface area contributed by atoms with E-state index in [2.05, 4.69) is 29.7 Å². The zero-order valence-electron chi connectivity index (χ0n) is 6.59. The van der Waals surface area contributed by atoms with E-state index in [0.717, 1.165) is 13.0 Å². The van der Waals surface area contributed by atoms with Crippen LogP contribution in [0.3, 0.4) is 0 Å². The van der Waals surface area contributed by atoms with Gasteiger partial charge in [-0.05, 0) is 18.4 Å². The van der Waals surface area contributed by atoms with Crippen LogP contribution in [0, 0.1) is 0 Å². The number of hydrogen-bond acceptors (Lipinski definition) is 2. The normalized spacial score (nSPS) is 17.4. The van der Waals surface area contributed by atoms with Gasteiger partial charge in [0.2, 0.25) is 0 Å². The van der Waals surface area contributed by atoms with E-state index < -0.39 is 0 Å². The van der Waals surface area contributed by atoms with Gasteiger partial charge in [-0.3, -0.25) is 11.3 Å². The molecule has 11 heavy (non-hydrogen) atoms. The maximum absolute atomic E-state index is 5.11. The number of nitrogens with one attached hydrogen (secondary N) is 1. The predicted octanol–water partition coefficient (Wildman–Crippen LogP) is 1.28. The number of hydrogen-bond donors (Lipinski definition) is 2. The van der Waals surface area contributed by atoms with Gasteiger partial charge in [0.1, 0.15) is 0 Å². The van der Waals surface area contributed by atoms with Gasteiger partial charge in [-0.1, -0.05) is 30.4 Å². The second-order valence-electron chi connectivity index (χ2n) is 2.49. The largest absolute Gasteiger partial charge is 0.271 e. The number of allylic oxidation sites excluding steroid dienone is 5. The summed E-state index contributed by atoms with van der Waals surface area (Å²) in [4.78, 5) is 0. The molecule has 0 unspecified atom stereocenters. The van der Waals surface area contributed by atoms with Crippen molar-refractivity contribution in [3.63, 3.8) is 0 Å². The summed E-state index contributed by atoms with van der Waals surface area (Å²) in [6, 6.07) is 0. The molecule has 2 nitrogen and oxygen atoms in total. The third kappa shape index (κ3) is 3.16.